The van der Waals surface area contributed by atoms with E-state index >= 15 is 0 Å². The molecule has 0 atom stereocenters. The Hall–Kier alpha value is -4.99. The van der Waals surface area contributed by atoms with Gasteiger partial charge in [-0.25, -0.2) is 4.98 Å². The van der Waals surface area contributed by atoms with Crippen LogP contribution < -0.4 is 0 Å². The number of phenols is 1. The average molecular weight is 1030 g/mol. The van der Waals surface area contributed by atoms with Gasteiger partial charge >= 0.3 is 0 Å². The van der Waals surface area contributed by atoms with Gasteiger partial charge < -0.3 is 9.52 Å². The maximum absolute atomic E-state index is 12.5. The number of aromatic hydroxyl groups is 1. The van der Waals surface area contributed by atoms with E-state index in [0.29, 0.717) is 11.3 Å². The largest absolute Gasteiger partial charge is 0.507 e. The predicted octanol–water partition coefficient (Wildman–Crippen LogP) is 16.2. The number of nitrogens with zero attached hydrogens (tertiary/aromatic N) is 3. The number of pyridine rings is 1. The molecule has 1 N–H and O–H groups in total. The van der Waals surface area contributed by atoms with Gasteiger partial charge in [0.25, 0.3) is 0 Å². The van der Waals surface area contributed by atoms with Gasteiger partial charge in [-0.05, 0) is 130 Å². The smallest absolute Gasteiger partial charge is 0.148 e. The van der Waals surface area contributed by atoms with Gasteiger partial charge in [0.2, 0.25) is 0 Å². The van der Waals surface area contributed by atoms with E-state index in [1.807, 2.05) is 24.4 Å². The molecule has 0 amide bonds. The topological polar surface area (TPSA) is 64.1 Å². The zero-order valence-electron chi connectivity index (χ0n) is 38.8. The fourth-order valence-corrected chi connectivity index (χ4v) is 11.0. The number of aromatic nitrogens is 3. The molecule has 1 spiro atoms. The molecule has 6 heteroatoms. The van der Waals surface area contributed by atoms with E-state index in [1.54, 1.807) is 0 Å². The van der Waals surface area contributed by atoms with Crippen molar-refractivity contribution in [2.75, 3.05) is 0 Å². The number of imidazole rings is 1. The van der Waals surface area contributed by atoms with E-state index in [2.05, 4.69) is 145 Å². The number of fused-ring (bicyclic) bond motifs is 5. The van der Waals surface area contributed by atoms with E-state index in [1.165, 1.54) is 68.9 Å². The molecule has 2 fully saturated rings. The first-order valence-electron chi connectivity index (χ1n) is 23.5. The molecule has 0 saturated heterocycles. The average Bonchev–Trinajstić information content (AvgIpc) is 3.84. The summed E-state index contributed by atoms with van der Waals surface area (Å²) in [5, 5.41) is 14.3. The zero-order chi connectivity index (χ0) is 43.8. The minimum atomic E-state index is -0.302. The third-order valence-corrected chi connectivity index (χ3v) is 14.7. The summed E-state index contributed by atoms with van der Waals surface area (Å²) >= 11 is 0. The van der Waals surface area contributed by atoms with Crippen molar-refractivity contribution in [3.8, 4) is 45.2 Å². The minimum absolute atomic E-state index is 0. The van der Waals surface area contributed by atoms with Crippen molar-refractivity contribution in [2.24, 2.45) is 5.41 Å². The van der Waals surface area contributed by atoms with E-state index in [0.717, 1.165) is 83.6 Å². The van der Waals surface area contributed by atoms with Crippen LogP contribution in [0.15, 0.2) is 108 Å². The third-order valence-electron chi connectivity index (χ3n) is 14.7. The van der Waals surface area contributed by atoms with Crippen molar-refractivity contribution < 1.29 is 30.6 Å². The Labute approximate surface area is 394 Å². The first kappa shape index (κ1) is 44.2. The van der Waals surface area contributed by atoms with Crippen LogP contribution in [0, 0.1) is 11.5 Å². The van der Waals surface area contributed by atoms with E-state index in [4.69, 9.17) is 14.4 Å². The van der Waals surface area contributed by atoms with Gasteiger partial charge in [-0.15, -0.1) is 12.1 Å². The molecular formula is C58H62N3O2Pt-. The Bertz CT molecular complexity index is 3000. The Balaban J connectivity index is 0.00000518. The summed E-state index contributed by atoms with van der Waals surface area (Å²) in [5.74, 6) is 1.84. The van der Waals surface area contributed by atoms with Crippen LogP contribution in [-0.2, 0) is 31.9 Å². The van der Waals surface area contributed by atoms with Crippen LogP contribution in [0.1, 0.15) is 147 Å². The van der Waals surface area contributed by atoms with Crippen molar-refractivity contribution in [1.29, 1.82) is 0 Å². The maximum atomic E-state index is 12.5. The third kappa shape index (κ3) is 7.95. The van der Waals surface area contributed by atoms with Crippen molar-refractivity contribution in [1.82, 2.24) is 14.5 Å². The summed E-state index contributed by atoms with van der Waals surface area (Å²) in [6.07, 6.45) is 14.2. The number of rotatable bonds is 6. The molecule has 0 unspecified atom stereocenters. The van der Waals surface area contributed by atoms with Crippen LogP contribution in [0.4, 0.5) is 0 Å². The predicted molar refractivity (Wildman–Crippen MR) is 261 cm³/mol. The van der Waals surface area contributed by atoms with Gasteiger partial charge in [0, 0.05) is 38.5 Å². The second-order valence-corrected chi connectivity index (χ2v) is 21.3. The Morgan fingerprint density at radius 3 is 2.20 bits per heavy atom. The van der Waals surface area contributed by atoms with Crippen molar-refractivity contribution in [2.45, 2.75) is 136 Å². The van der Waals surface area contributed by atoms with Gasteiger partial charge in [0.05, 0.1) is 33.5 Å². The molecule has 2 saturated carbocycles. The van der Waals surface area contributed by atoms with Crippen LogP contribution in [0.2, 0.25) is 0 Å². The summed E-state index contributed by atoms with van der Waals surface area (Å²) in [5.41, 5.74) is 14.1. The summed E-state index contributed by atoms with van der Waals surface area (Å²) in [7, 11) is 0. The van der Waals surface area contributed by atoms with Gasteiger partial charge in [-0.3, -0.25) is 9.55 Å². The number of benzene rings is 5. The summed E-state index contributed by atoms with van der Waals surface area (Å²) in [4.78, 5) is 10.5. The van der Waals surface area contributed by atoms with Crippen molar-refractivity contribution in [3.63, 3.8) is 0 Å². The zero-order valence-corrected chi connectivity index (χ0v) is 41.1. The normalized spacial score (nSPS) is 16.0. The van der Waals surface area contributed by atoms with Crippen molar-refractivity contribution in [3.05, 3.63) is 132 Å². The molecule has 0 radical (unpaired) electrons. The summed E-state index contributed by atoms with van der Waals surface area (Å²) < 4.78 is 8.92. The molecular weight excluding hydrogens is 966 g/mol. The molecule has 3 aromatic heterocycles. The summed E-state index contributed by atoms with van der Waals surface area (Å²) in [6.45, 7) is 17.9. The van der Waals surface area contributed by atoms with Crippen LogP contribution in [0.3, 0.4) is 0 Å². The molecule has 3 heterocycles. The molecule has 5 nitrogen and oxygen atoms in total. The number of hydrogen-bond acceptors (Lipinski definition) is 4. The van der Waals surface area contributed by atoms with E-state index in [9.17, 15) is 5.11 Å². The Morgan fingerprint density at radius 2 is 1.50 bits per heavy atom. The van der Waals surface area contributed by atoms with Gasteiger partial charge in [0.1, 0.15) is 11.6 Å². The Kier molecular flexibility index (Phi) is 11.6. The molecule has 64 heavy (non-hydrogen) atoms. The fourth-order valence-electron chi connectivity index (χ4n) is 11.0. The van der Waals surface area contributed by atoms with Gasteiger partial charge in [-0.2, -0.15) is 0 Å². The molecule has 2 aliphatic rings. The minimum Gasteiger partial charge on any atom is -0.507 e. The summed E-state index contributed by atoms with van der Waals surface area (Å²) in [6, 6.07) is 38.3. The molecule has 8 aromatic rings. The molecule has 0 aliphatic heterocycles. The van der Waals surface area contributed by atoms with Gasteiger partial charge in [0.15, 0.2) is 0 Å². The van der Waals surface area contributed by atoms with Crippen LogP contribution in [-0.4, -0.2) is 19.6 Å². The second kappa shape index (κ2) is 16.8. The number of hydrogen-bond donors (Lipinski definition) is 1. The van der Waals surface area contributed by atoms with Gasteiger partial charge in [-0.1, -0.05) is 146 Å². The quantitative estimate of drug-likeness (QED) is 0.169. The van der Waals surface area contributed by atoms with Crippen LogP contribution in [0.25, 0.3) is 72.4 Å². The maximum Gasteiger partial charge on any atom is 0.148 e. The first-order valence-corrected chi connectivity index (χ1v) is 23.5. The van der Waals surface area contributed by atoms with E-state index < -0.39 is 0 Å². The van der Waals surface area contributed by atoms with E-state index in [-0.39, 0.29) is 43.6 Å². The molecule has 0 bridgehead atoms. The standard InChI is InChI=1S/C58H62N3O2.Pt/c1-36(2)43-31-39(38-23-28-58(29-24-38)26-13-10-14-27-58)17-19-48(43)61-49-20-22-51-52(53(49)60-55(61)45-34-42(56(3,4)5)35-46(54(45)62)57(6,7)8)44-32-41(18-21-50(44)63-51)47-33-40(25-30-59-47)37-15-11-9-12-16-37;/h9,11-12,15-22,25,30-31,33-36,38,62H,10,13-14,23-24,26-29H2,1-8H3;/q-1;. The van der Waals surface area contributed by atoms with Crippen molar-refractivity contribution >= 4 is 33.0 Å². The molecule has 332 valence electrons. The number of furan rings is 1. The first-order chi connectivity index (χ1) is 30.2. The van der Waals surface area contributed by atoms with Crippen LogP contribution >= 0.6 is 0 Å². The van der Waals surface area contributed by atoms with Crippen LogP contribution in [0.5, 0.6) is 5.75 Å². The molecule has 10 rings (SSSR count). The second-order valence-electron chi connectivity index (χ2n) is 21.3. The number of phenolic OH excluding ortho intramolecular Hbond substituents is 1. The molecule has 2 aliphatic carbocycles. The SMILES string of the molecule is CC(C)c1cc(C2CCC3(CCCCC3)CC2)ccc1-n1c(-c2cc(C(C)(C)C)cc(C(C)(C)C)c2O)nc2c3c(ccc21)oc1ccc(-c2cc(-c4ccccc4)ccn2)[c-]c13.[Pt]. The fraction of sp³-hybridized carbons (Fsp3) is 0.379. The molecule has 5 aromatic carbocycles. The monoisotopic (exact) mass is 1030 g/mol. The Morgan fingerprint density at radius 1 is 0.766 bits per heavy atom.